The number of ether oxygens (including phenoxy) is 3. The quantitative estimate of drug-likeness (QED) is 0.300. The van der Waals surface area contributed by atoms with Crippen molar-refractivity contribution in [3.05, 3.63) is 62.9 Å². The second-order valence-corrected chi connectivity index (χ2v) is 6.49. The molecule has 0 fully saturated rings. The molecule has 0 unspecified atom stereocenters. The summed E-state index contributed by atoms with van der Waals surface area (Å²) in [6.45, 7) is 1.32. The monoisotopic (exact) mass is 463 g/mol. The molecule has 7 heteroatoms. The van der Waals surface area contributed by atoms with Gasteiger partial charge in [-0.3, -0.25) is 4.79 Å². The largest absolute Gasteiger partial charge is 0.493 e. The van der Waals surface area contributed by atoms with Crippen molar-refractivity contribution < 1.29 is 23.8 Å². The Bertz CT molecular complexity index is 934. The number of cyclic esters (lactones) is 1. The average molecular weight is 463 g/mol. The van der Waals surface area contributed by atoms with Crippen molar-refractivity contribution in [1.82, 2.24) is 0 Å². The molecular weight excluding hydrogens is 449 g/mol. The van der Waals surface area contributed by atoms with Crippen molar-refractivity contribution in [2.75, 3.05) is 7.11 Å². The highest BCUT2D eigenvalue weighted by Gasteiger charge is 2.24. The molecule has 0 spiro atoms. The Balaban J connectivity index is 1.97. The smallest absolute Gasteiger partial charge is 0.363 e. The number of methoxy groups -OCH3 is 1. The molecule has 0 radical (unpaired) electrons. The van der Waals surface area contributed by atoms with Crippen LogP contribution in [0.2, 0.25) is 0 Å². The predicted molar refractivity (Wildman–Crippen MR) is 104 cm³/mol. The van der Waals surface area contributed by atoms with Crippen LogP contribution in [0.5, 0.6) is 11.5 Å². The highest BCUT2D eigenvalue weighted by molar-refractivity contribution is 14.1. The molecule has 1 aliphatic heterocycles. The van der Waals surface area contributed by atoms with E-state index in [2.05, 4.69) is 4.99 Å². The molecule has 6 nitrogen and oxygen atoms in total. The number of halogens is 1. The van der Waals surface area contributed by atoms with Crippen LogP contribution in [0.15, 0.2) is 53.2 Å². The van der Waals surface area contributed by atoms with Gasteiger partial charge in [0.2, 0.25) is 5.90 Å². The molecule has 0 bridgehead atoms. The van der Waals surface area contributed by atoms with Crippen LogP contribution in [0, 0.1) is 3.57 Å². The van der Waals surface area contributed by atoms with Crippen LogP contribution in [-0.4, -0.2) is 24.9 Å². The Morgan fingerprint density at radius 3 is 2.62 bits per heavy atom. The lowest BCUT2D eigenvalue weighted by molar-refractivity contribution is -0.132. The van der Waals surface area contributed by atoms with Gasteiger partial charge in [-0.25, -0.2) is 9.79 Å². The normalized spacial score (nSPS) is 14.8. The molecule has 0 amide bonds. The maximum atomic E-state index is 12.1. The first-order valence-electron chi connectivity index (χ1n) is 7.62. The van der Waals surface area contributed by atoms with Gasteiger partial charge in [-0.05, 0) is 58.5 Å². The van der Waals surface area contributed by atoms with Crippen molar-refractivity contribution in [3.8, 4) is 11.5 Å². The molecule has 2 aromatic carbocycles. The molecule has 2 aromatic rings. The van der Waals surface area contributed by atoms with E-state index in [1.54, 1.807) is 18.2 Å². The van der Waals surface area contributed by atoms with Crippen molar-refractivity contribution in [2.45, 2.75) is 6.92 Å². The molecule has 0 N–H and O–H groups in total. The summed E-state index contributed by atoms with van der Waals surface area (Å²) in [6.07, 6.45) is 1.60. The number of hydrogen-bond donors (Lipinski definition) is 0. The number of carbonyl (C=O) groups excluding carboxylic acids is 2. The number of aliphatic imine (C=N–C) groups is 1. The zero-order chi connectivity index (χ0) is 18.7. The lowest BCUT2D eigenvalue weighted by Crippen LogP contribution is -2.05. The van der Waals surface area contributed by atoms with Crippen molar-refractivity contribution in [1.29, 1.82) is 0 Å². The number of carbonyl (C=O) groups is 2. The fraction of sp³-hybridized carbons (Fsp3) is 0.105. The molecule has 0 atom stereocenters. The lowest BCUT2D eigenvalue weighted by Gasteiger charge is -2.11. The van der Waals surface area contributed by atoms with Crippen LogP contribution < -0.4 is 9.47 Å². The fourth-order valence-electron chi connectivity index (χ4n) is 2.34. The lowest BCUT2D eigenvalue weighted by atomic mass is 10.1. The molecule has 0 saturated carbocycles. The van der Waals surface area contributed by atoms with Gasteiger partial charge in [0.05, 0.1) is 10.7 Å². The second kappa shape index (κ2) is 7.69. The molecule has 1 heterocycles. The molecule has 132 valence electrons. The molecular formula is C19H14INO5. The van der Waals surface area contributed by atoms with Crippen molar-refractivity contribution >= 4 is 46.5 Å². The minimum Gasteiger partial charge on any atom is -0.493 e. The maximum Gasteiger partial charge on any atom is 0.363 e. The molecule has 0 aliphatic carbocycles. The molecule has 1 aliphatic rings. The third-order valence-corrected chi connectivity index (χ3v) is 4.24. The summed E-state index contributed by atoms with van der Waals surface area (Å²) in [5.41, 5.74) is 1.58. The summed E-state index contributed by atoms with van der Waals surface area (Å²) in [7, 11) is 1.48. The average Bonchev–Trinajstić information content (AvgIpc) is 2.98. The third-order valence-electron chi connectivity index (χ3n) is 3.44. The maximum absolute atomic E-state index is 12.1. The Hall–Kier alpha value is -2.68. The topological polar surface area (TPSA) is 74.2 Å². The minimum atomic E-state index is -0.526. The summed E-state index contributed by atoms with van der Waals surface area (Å²) >= 11 is 2.04. The standard InChI is InChI=1S/C19H14INO5/c1-11(22)25-17-14(20)8-12(10-16(17)24-2)9-15-19(23)26-18(21-15)13-6-4-3-5-7-13/h3-10H,1-2H3/b15-9+. The third kappa shape index (κ3) is 3.93. The van der Waals surface area contributed by atoms with Gasteiger partial charge in [0.15, 0.2) is 17.2 Å². The van der Waals surface area contributed by atoms with E-state index in [-0.39, 0.29) is 11.6 Å². The number of hydrogen-bond acceptors (Lipinski definition) is 6. The highest BCUT2D eigenvalue weighted by atomic mass is 127. The molecule has 26 heavy (non-hydrogen) atoms. The highest BCUT2D eigenvalue weighted by Crippen LogP contribution is 2.35. The summed E-state index contributed by atoms with van der Waals surface area (Å²) < 4.78 is 16.4. The number of esters is 2. The Morgan fingerprint density at radius 2 is 1.96 bits per heavy atom. The van der Waals surface area contributed by atoms with Crippen molar-refractivity contribution in [3.63, 3.8) is 0 Å². The second-order valence-electron chi connectivity index (χ2n) is 5.33. The number of rotatable bonds is 4. The van der Waals surface area contributed by atoms with Crippen LogP contribution in [0.3, 0.4) is 0 Å². The summed E-state index contributed by atoms with van der Waals surface area (Å²) in [5, 5.41) is 0. The molecule has 3 rings (SSSR count). The van der Waals surface area contributed by atoms with Gasteiger partial charge in [-0.1, -0.05) is 18.2 Å². The first-order chi connectivity index (χ1) is 12.5. The SMILES string of the molecule is COc1cc(/C=C2/N=C(c3ccccc3)OC2=O)cc(I)c1OC(C)=O. The van der Waals surface area contributed by atoms with Gasteiger partial charge in [0.1, 0.15) is 0 Å². The van der Waals surface area contributed by atoms with Crippen LogP contribution in [0.25, 0.3) is 6.08 Å². The van der Waals surface area contributed by atoms with Crippen LogP contribution in [0.1, 0.15) is 18.1 Å². The fourth-order valence-corrected chi connectivity index (χ4v) is 3.07. The Kier molecular flexibility index (Phi) is 5.36. The summed E-state index contributed by atoms with van der Waals surface area (Å²) in [6, 6.07) is 12.6. The predicted octanol–water partition coefficient (Wildman–Crippen LogP) is 3.57. The van der Waals surface area contributed by atoms with E-state index in [0.29, 0.717) is 20.6 Å². The Labute approximate surface area is 163 Å². The van der Waals surface area contributed by atoms with Crippen molar-refractivity contribution in [2.24, 2.45) is 4.99 Å². The van der Waals surface area contributed by atoms with Gasteiger partial charge in [-0.15, -0.1) is 0 Å². The van der Waals surface area contributed by atoms with Crippen LogP contribution in [-0.2, 0) is 14.3 Å². The minimum absolute atomic E-state index is 0.182. The van der Waals surface area contributed by atoms with Crippen LogP contribution >= 0.6 is 22.6 Å². The zero-order valence-electron chi connectivity index (χ0n) is 14.0. The van der Waals surface area contributed by atoms with E-state index in [4.69, 9.17) is 14.2 Å². The summed E-state index contributed by atoms with van der Waals surface area (Å²) in [5.74, 6) is 0.0218. The van der Waals surface area contributed by atoms with E-state index >= 15 is 0 Å². The molecule has 0 aromatic heterocycles. The van der Waals surface area contributed by atoms with E-state index in [9.17, 15) is 9.59 Å². The van der Waals surface area contributed by atoms with E-state index in [0.717, 1.165) is 5.56 Å². The van der Waals surface area contributed by atoms with Gasteiger partial charge in [-0.2, -0.15) is 0 Å². The van der Waals surface area contributed by atoms with Gasteiger partial charge >= 0.3 is 11.9 Å². The summed E-state index contributed by atoms with van der Waals surface area (Å²) in [4.78, 5) is 27.6. The van der Waals surface area contributed by atoms with E-state index in [1.807, 2.05) is 52.9 Å². The first kappa shape index (κ1) is 18.1. The van der Waals surface area contributed by atoms with Gasteiger partial charge in [0.25, 0.3) is 0 Å². The van der Waals surface area contributed by atoms with Crippen LogP contribution in [0.4, 0.5) is 0 Å². The number of benzene rings is 2. The molecule has 0 saturated heterocycles. The zero-order valence-corrected chi connectivity index (χ0v) is 16.1. The van der Waals surface area contributed by atoms with Gasteiger partial charge < -0.3 is 14.2 Å². The van der Waals surface area contributed by atoms with E-state index in [1.165, 1.54) is 14.0 Å². The first-order valence-corrected chi connectivity index (χ1v) is 8.69. The van der Waals surface area contributed by atoms with E-state index < -0.39 is 11.9 Å². The Morgan fingerprint density at radius 1 is 1.23 bits per heavy atom. The number of nitrogens with zero attached hydrogens (tertiary/aromatic N) is 1. The van der Waals surface area contributed by atoms with Gasteiger partial charge in [0, 0.05) is 12.5 Å².